The number of Topliss-reactive ketones (excluding diaryl/α,β-unsaturated/α-hetero) is 1. The van der Waals surface area contributed by atoms with Gasteiger partial charge in [0, 0.05) is 22.2 Å². The van der Waals surface area contributed by atoms with Crippen molar-refractivity contribution in [3.05, 3.63) is 160 Å². The van der Waals surface area contributed by atoms with Gasteiger partial charge in [0.1, 0.15) is 27.8 Å². The fourth-order valence-corrected chi connectivity index (χ4v) is 13.1. The largest absolute Gasteiger partial charge is 0.383 e. The van der Waals surface area contributed by atoms with Crippen LogP contribution in [0.1, 0.15) is 116 Å². The third-order valence-corrected chi connectivity index (χ3v) is 17.6. The van der Waals surface area contributed by atoms with Crippen LogP contribution in [0.2, 0.25) is 20.1 Å². The summed E-state index contributed by atoms with van der Waals surface area (Å²) in [7, 11) is 0. The second-order valence-corrected chi connectivity index (χ2v) is 23.7. The third-order valence-electron chi connectivity index (χ3n) is 13.7. The van der Waals surface area contributed by atoms with Crippen LogP contribution in [0.4, 0.5) is 11.4 Å². The summed E-state index contributed by atoms with van der Waals surface area (Å²) in [5.41, 5.74) is 7.89. The Hall–Kier alpha value is -4.75. The fraction of sp³-hybridized carbons (Fsp3) is 0.352. The molecule has 4 aromatic carbocycles. The summed E-state index contributed by atoms with van der Waals surface area (Å²) in [6, 6.07) is 21.9. The van der Waals surface area contributed by atoms with Crippen LogP contribution >= 0.6 is 85.0 Å². The van der Waals surface area contributed by atoms with E-state index in [-0.39, 0.29) is 12.2 Å². The second kappa shape index (κ2) is 22.6. The number of ketones is 1. The van der Waals surface area contributed by atoms with Crippen LogP contribution in [0.5, 0.6) is 0 Å². The Kier molecular flexibility index (Phi) is 16.0. The number of para-hydroxylation sites is 2. The zero-order valence-electron chi connectivity index (χ0n) is 39.2. The van der Waals surface area contributed by atoms with Crippen LogP contribution in [0.15, 0.2) is 89.1 Å². The number of fused-ring (bicyclic) bond motifs is 2. The lowest BCUT2D eigenvalue weighted by Gasteiger charge is -2.34. The van der Waals surface area contributed by atoms with Crippen molar-refractivity contribution in [2.24, 2.45) is 0 Å². The molecular formula is C54H47BrCl4N8O4S2. The average molecular weight is 1160 g/mol. The lowest BCUT2D eigenvalue weighted by Crippen LogP contribution is -2.34. The van der Waals surface area contributed by atoms with Gasteiger partial charge in [0.15, 0.2) is 15.3 Å². The van der Waals surface area contributed by atoms with Gasteiger partial charge in [0.25, 0.3) is 0 Å². The molecule has 0 radical (unpaired) electrons. The molecule has 0 aliphatic heterocycles. The average Bonchev–Trinajstić information content (AvgIpc) is 4.25. The van der Waals surface area contributed by atoms with Crippen molar-refractivity contribution in [2.75, 3.05) is 0 Å². The summed E-state index contributed by atoms with van der Waals surface area (Å²) in [6.45, 7) is 14.9. The molecule has 0 atom stereocenters. The number of benzene rings is 4. The minimum absolute atomic E-state index is 0.0329. The minimum Gasteiger partial charge on any atom is -0.383 e. The highest BCUT2D eigenvalue weighted by Crippen LogP contribution is 2.46. The quantitative estimate of drug-likeness (QED) is 0.127. The molecule has 4 heterocycles. The van der Waals surface area contributed by atoms with Crippen molar-refractivity contribution < 1.29 is 19.4 Å². The topological polar surface area (TPSA) is 126 Å². The van der Waals surface area contributed by atoms with E-state index in [1.54, 1.807) is 23.5 Å². The summed E-state index contributed by atoms with van der Waals surface area (Å²) in [4.78, 5) is 27.2. The molecule has 0 unspecified atom stereocenters. The van der Waals surface area contributed by atoms with Crippen molar-refractivity contribution in [3.8, 4) is 11.4 Å². The van der Waals surface area contributed by atoms with Crippen LogP contribution in [0.25, 0.3) is 41.5 Å². The molecule has 19 heteroatoms. The van der Waals surface area contributed by atoms with Crippen LogP contribution < -0.4 is 0 Å². The third kappa shape index (κ3) is 11.9. The standard InChI is InChI=1S/C27H24Cl2N4O2S.C19H20Cl2N2O2.C8H3BrN2S/c1-30-17-7-8-22-24(13-17)36-26(32-22)27(34)11-9-18(10-12-27)35-15-23-19(16-5-6-16)14-31-33(23)25-20(28)3-2-4-21(25)29;20-16-2-1-3-17(21)19(16)23-18(15(10-22-23)12-4-5-12)11-25-14-8-6-13(24)7-9-14;1-10-5-2-3-6-7(4-5)12-8(9)11-6/h2-4,7-8,13-14,16,18,34H,5-6,9-12,15H2;1-3,10,12,14H,4-9,11H2;2-4H. The molecule has 0 spiro atoms. The molecule has 12 rings (SSSR count). The first kappa shape index (κ1) is 51.7. The Morgan fingerprint density at radius 2 is 1.11 bits per heavy atom. The number of hydrogen-bond acceptors (Lipinski definition) is 10. The van der Waals surface area contributed by atoms with Gasteiger partial charge >= 0.3 is 0 Å². The minimum atomic E-state index is -0.964. The number of carbonyl (C=O) groups is 1. The number of halogens is 5. The van der Waals surface area contributed by atoms with Crippen molar-refractivity contribution in [1.29, 1.82) is 0 Å². The predicted molar refractivity (Wildman–Crippen MR) is 294 cm³/mol. The highest BCUT2D eigenvalue weighted by atomic mass is 79.9. The zero-order valence-corrected chi connectivity index (χ0v) is 45.5. The zero-order chi connectivity index (χ0) is 50.8. The number of rotatable bonds is 11. The van der Waals surface area contributed by atoms with Gasteiger partial charge in [-0.2, -0.15) is 10.2 Å². The van der Waals surface area contributed by atoms with Gasteiger partial charge in [-0.1, -0.05) is 70.7 Å². The molecule has 0 amide bonds. The number of carbonyl (C=O) groups excluding carboxylic acids is 1. The molecule has 4 saturated carbocycles. The Morgan fingerprint density at radius 1 is 0.658 bits per heavy atom. The monoisotopic (exact) mass is 1150 g/mol. The maximum atomic E-state index is 11.4. The Morgan fingerprint density at radius 3 is 1.58 bits per heavy atom. The summed E-state index contributed by atoms with van der Waals surface area (Å²) < 4.78 is 19.0. The van der Waals surface area contributed by atoms with Crippen molar-refractivity contribution in [1.82, 2.24) is 29.5 Å². The molecule has 4 aliphatic rings. The normalized spacial score (nSPS) is 19.0. The Bertz CT molecular complexity index is 3370. The maximum absolute atomic E-state index is 11.4. The first-order valence-electron chi connectivity index (χ1n) is 24.1. The van der Waals surface area contributed by atoms with Gasteiger partial charge in [-0.25, -0.2) is 29.0 Å². The van der Waals surface area contributed by atoms with Crippen LogP contribution in [-0.2, 0) is 33.1 Å². The summed E-state index contributed by atoms with van der Waals surface area (Å²) in [6.07, 6.45) is 14.2. The van der Waals surface area contributed by atoms with Crippen molar-refractivity contribution in [2.45, 2.75) is 120 Å². The number of thiazole rings is 2. The number of aliphatic hydroxyl groups is 1. The smallest absolute Gasteiger partial charge is 0.188 e. The molecule has 0 saturated heterocycles. The number of ether oxygens (including phenoxy) is 2. The highest BCUT2D eigenvalue weighted by molar-refractivity contribution is 9.11. The van der Waals surface area contributed by atoms with E-state index in [0.29, 0.717) is 99.4 Å². The van der Waals surface area contributed by atoms with Crippen LogP contribution in [-0.4, -0.2) is 52.6 Å². The van der Waals surface area contributed by atoms with Gasteiger partial charge in [-0.15, -0.1) is 22.7 Å². The van der Waals surface area contributed by atoms with E-state index in [4.69, 9.17) is 69.0 Å². The van der Waals surface area contributed by atoms with E-state index in [9.17, 15) is 9.90 Å². The van der Waals surface area contributed by atoms with Gasteiger partial charge in [-0.3, -0.25) is 4.79 Å². The Labute approximate surface area is 459 Å². The molecule has 12 nitrogen and oxygen atoms in total. The first-order chi connectivity index (χ1) is 35.4. The molecule has 1 N–H and O–H groups in total. The fourth-order valence-electron chi connectivity index (χ4n) is 9.36. The molecular weight excluding hydrogens is 1110 g/mol. The number of hydrogen-bond donors (Lipinski definition) is 1. The van der Waals surface area contributed by atoms with E-state index in [0.717, 1.165) is 79.3 Å². The molecule has 8 aromatic rings. The molecule has 4 aliphatic carbocycles. The summed E-state index contributed by atoms with van der Waals surface area (Å²) in [5, 5.41) is 23.6. The van der Waals surface area contributed by atoms with Gasteiger partial charge in [0.05, 0.1) is 93.5 Å². The van der Waals surface area contributed by atoms with Gasteiger partial charge in [0.2, 0.25) is 0 Å². The molecule has 374 valence electrons. The highest BCUT2D eigenvalue weighted by Gasteiger charge is 2.39. The number of aromatic nitrogens is 6. The van der Waals surface area contributed by atoms with E-state index in [2.05, 4.69) is 45.8 Å². The lowest BCUT2D eigenvalue weighted by molar-refractivity contribution is -0.123. The van der Waals surface area contributed by atoms with Crippen molar-refractivity contribution in [3.63, 3.8) is 0 Å². The maximum Gasteiger partial charge on any atom is 0.188 e. The van der Waals surface area contributed by atoms with Crippen molar-refractivity contribution >= 4 is 123 Å². The second-order valence-electron chi connectivity index (χ2n) is 18.7. The SMILES string of the molecule is O=C1CCC(OCc2c(C3CC3)cnn2-c2c(Cl)cccc2Cl)CC1.[C-]#[N+]c1ccc2nc(Br)sc2c1.[C-]#[N+]c1ccc2nc(C3(O)CCC(OCc4c(C5CC5)cnn4-c4c(Cl)cccc4Cl)CC3)sc2c1. The van der Waals surface area contributed by atoms with Crippen LogP contribution in [0, 0.1) is 13.1 Å². The molecule has 4 aromatic heterocycles. The van der Waals surface area contributed by atoms with E-state index in [1.807, 2.05) is 82.4 Å². The summed E-state index contributed by atoms with van der Waals surface area (Å²) >= 11 is 32.1. The van der Waals surface area contributed by atoms with Crippen LogP contribution in [0.3, 0.4) is 0 Å². The van der Waals surface area contributed by atoms with E-state index in [1.165, 1.54) is 35.3 Å². The first-order valence-corrected chi connectivity index (χ1v) is 28.0. The lowest BCUT2D eigenvalue weighted by atomic mass is 9.83. The Balaban J connectivity index is 0.000000142. The van der Waals surface area contributed by atoms with E-state index < -0.39 is 5.60 Å². The molecule has 73 heavy (non-hydrogen) atoms. The van der Waals surface area contributed by atoms with Gasteiger partial charge in [-0.05, 0) is 152 Å². The predicted octanol–water partition coefficient (Wildman–Crippen LogP) is 16.3. The molecule has 0 bridgehead atoms. The summed E-state index contributed by atoms with van der Waals surface area (Å²) in [5.74, 6) is 1.41. The molecule has 4 fully saturated rings. The van der Waals surface area contributed by atoms with Gasteiger partial charge < -0.3 is 14.6 Å². The number of nitrogens with zero attached hydrogens (tertiary/aromatic N) is 8. The van der Waals surface area contributed by atoms with E-state index >= 15 is 0 Å².